The third kappa shape index (κ3) is 3.09. The first-order chi connectivity index (χ1) is 11.6. The van der Waals surface area contributed by atoms with Gasteiger partial charge in [-0.05, 0) is 37.3 Å². The summed E-state index contributed by atoms with van der Waals surface area (Å²) < 4.78 is 6.26. The normalized spacial score (nSPS) is 11.2. The van der Waals surface area contributed by atoms with Gasteiger partial charge >= 0.3 is 5.69 Å². The average molecular weight is 344 g/mol. The maximum Gasteiger partial charge on any atom is 0.349 e. The Morgan fingerprint density at radius 2 is 2.04 bits per heavy atom. The number of rotatable bonds is 4. The summed E-state index contributed by atoms with van der Waals surface area (Å²) >= 11 is 5.99. The lowest BCUT2D eigenvalue weighted by Crippen LogP contribution is -2.32. The summed E-state index contributed by atoms with van der Waals surface area (Å²) in [6.07, 6.45) is 1.38. The van der Waals surface area contributed by atoms with E-state index in [4.69, 9.17) is 16.3 Å². The molecular weight excluding hydrogens is 330 g/mol. The number of hydrogen-bond acceptors (Lipinski definition) is 4. The summed E-state index contributed by atoms with van der Waals surface area (Å²) in [7, 11) is 0. The van der Waals surface area contributed by atoms with E-state index in [2.05, 4.69) is 10.1 Å². The maximum atomic E-state index is 12.4. The number of aromatic nitrogens is 2. The molecule has 1 aromatic heterocycles. The summed E-state index contributed by atoms with van der Waals surface area (Å²) in [6, 6.07) is 11.8. The number of halogens is 1. The summed E-state index contributed by atoms with van der Waals surface area (Å²) in [4.78, 5) is 27.1. The number of hydrogen-bond donors (Lipinski definition) is 1. The molecule has 0 amide bonds. The van der Waals surface area contributed by atoms with Gasteiger partial charge in [-0.25, -0.2) is 4.79 Å². The van der Waals surface area contributed by atoms with Crippen molar-refractivity contribution in [1.82, 2.24) is 9.66 Å². The monoisotopic (exact) mass is 343 g/mol. The van der Waals surface area contributed by atoms with Gasteiger partial charge in [0, 0.05) is 10.6 Å². The molecule has 0 aliphatic heterocycles. The number of nitrogens with one attached hydrogen (secondary N) is 1. The van der Waals surface area contributed by atoms with Crippen molar-refractivity contribution in [3.05, 3.63) is 73.9 Å². The Labute approximate surface area is 142 Å². The second-order valence-electron chi connectivity index (χ2n) is 4.95. The van der Waals surface area contributed by atoms with Crippen LogP contribution in [0.2, 0.25) is 5.02 Å². The predicted octanol–water partition coefficient (Wildman–Crippen LogP) is 2.62. The predicted molar refractivity (Wildman–Crippen MR) is 94.4 cm³/mol. The highest BCUT2D eigenvalue weighted by molar-refractivity contribution is 6.30. The van der Waals surface area contributed by atoms with Gasteiger partial charge in [0.2, 0.25) is 0 Å². The highest BCUT2D eigenvalue weighted by atomic mass is 35.5. The van der Waals surface area contributed by atoms with Gasteiger partial charge in [-0.3, -0.25) is 4.79 Å². The van der Waals surface area contributed by atoms with E-state index in [0.717, 1.165) is 4.68 Å². The minimum Gasteiger partial charge on any atom is -0.493 e. The molecular formula is C17H14ClN3O3. The topological polar surface area (TPSA) is 76.5 Å². The number of H-pyrrole nitrogens is 1. The van der Waals surface area contributed by atoms with Crippen molar-refractivity contribution in [2.75, 3.05) is 6.61 Å². The van der Waals surface area contributed by atoms with Gasteiger partial charge in [-0.1, -0.05) is 23.7 Å². The first kappa shape index (κ1) is 16.0. The third-order valence-corrected chi connectivity index (χ3v) is 3.60. The minimum absolute atomic E-state index is 0.380. The van der Waals surface area contributed by atoms with Crippen LogP contribution in [0.15, 0.2) is 57.2 Å². The van der Waals surface area contributed by atoms with Crippen LogP contribution in [0.5, 0.6) is 5.75 Å². The minimum atomic E-state index is -0.616. The Kier molecular flexibility index (Phi) is 4.48. The van der Waals surface area contributed by atoms with Gasteiger partial charge in [0.25, 0.3) is 5.56 Å². The molecule has 0 radical (unpaired) electrons. The van der Waals surface area contributed by atoms with Gasteiger partial charge in [0.1, 0.15) is 5.75 Å². The van der Waals surface area contributed by atoms with Crippen molar-refractivity contribution in [2.45, 2.75) is 6.92 Å². The van der Waals surface area contributed by atoms with Crippen molar-refractivity contribution < 1.29 is 4.74 Å². The van der Waals surface area contributed by atoms with Crippen LogP contribution in [-0.4, -0.2) is 22.5 Å². The smallest absolute Gasteiger partial charge is 0.349 e. The van der Waals surface area contributed by atoms with Gasteiger partial charge in [-0.15, -0.1) is 4.68 Å². The molecule has 0 saturated heterocycles. The Morgan fingerprint density at radius 3 is 2.83 bits per heavy atom. The molecule has 1 N–H and O–H groups in total. The van der Waals surface area contributed by atoms with Gasteiger partial charge in [0.05, 0.1) is 23.7 Å². The third-order valence-electron chi connectivity index (χ3n) is 3.37. The van der Waals surface area contributed by atoms with Gasteiger partial charge < -0.3 is 9.72 Å². The number of para-hydroxylation sites is 1. The second-order valence-corrected chi connectivity index (χ2v) is 5.39. The van der Waals surface area contributed by atoms with Crippen molar-refractivity contribution >= 4 is 28.7 Å². The molecule has 24 heavy (non-hydrogen) atoms. The maximum absolute atomic E-state index is 12.4. The van der Waals surface area contributed by atoms with Gasteiger partial charge in [-0.2, -0.15) is 5.10 Å². The SMILES string of the molecule is CCOc1ccc(Cl)cc1C=Nn1c(=O)[nH]c2ccccc2c1=O. The average Bonchev–Trinajstić information content (AvgIpc) is 2.57. The number of fused-ring (bicyclic) bond motifs is 1. The summed E-state index contributed by atoms with van der Waals surface area (Å²) in [5, 5.41) is 4.89. The number of benzene rings is 2. The van der Waals surface area contributed by atoms with E-state index in [1.807, 2.05) is 6.92 Å². The fourth-order valence-electron chi connectivity index (χ4n) is 2.29. The first-order valence-electron chi connectivity index (χ1n) is 7.31. The van der Waals surface area contributed by atoms with E-state index in [9.17, 15) is 9.59 Å². The van der Waals surface area contributed by atoms with Crippen LogP contribution in [0, 0.1) is 0 Å². The molecule has 1 heterocycles. The molecule has 122 valence electrons. The zero-order valence-corrected chi connectivity index (χ0v) is 13.6. The molecule has 3 aromatic rings. The molecule has 0 atom stereocenters. The lowest BCUT2D eigenvalue weighted by molar-refractivity contribution is 0.340. The quantitative estimate of drug-likeness (QED) is 0.740. The zero-order valence-electron chi connectivity index (χ0n) is 12.8. The van der Waals surface area contributed by atoms with E-state index < -0.39 is 11.2 Å². The van der Waals surface area contributed by atoms with Crippen LogP contribution >= 0.6 is 11.6 Å². The first-order valence-corrected chi connectivity index (χ1v) is 7.68. The van der Waals surface area contributed by atoms with Gasteiger partial charge in [0.15, 0.2) is 0 Å². The summed E-state index contributed by atoms with van der Waals surface area (Å²) in [6.45, 7) is 2.33. The van der Waals surface area contributed by atoms with Crippen LogP contribution < -0.4 is 16.0 Å². The van der Waals surface area contributed by atoms with Crippen molar-refractivity contribution in [3.8, 4) is 5.75 Å². The number of aromatic amines is 1. The largest absolute Gasteiger partial charge is 0.493 e. The number of nitrogens with zero attached hydrogens (tertiary/aromatic N) is 2. The molecule has 0 aliphatic rings. The molecule has 0 unspecified atom stereocenters. The van der Waals surface area contributed by atoms with Crippen molar-refractivity contribution in [3.63, 3.8) is 0 Å². The zero-order chi connectivity index (χ0) is 17.1. The molecule has 6 nitrogen and oxygen atoms in total. The fraction of sp³-hybridized carbons (Fsp3) is 0.118. The highest BCUT2D eigenvalue weighted by Gasteiger charge is 2.07. The van der Waals surface area contributed by atoms with Crippen LogP contribution in [0.1, 0.15) is 12.5 Å². The summed E-state index contributed by atoms with van der Waals surface area (Å²) in [5.74, 6) is 0.566. The molecule has 0 spiro atoms. The Hall–Kier alpha value is -2.86. The molecule has 0 bridgehead atoms. The Morgan fingerprint density at radius 1 is 1.25 bits per heavy atom. The van der Waals surface area contributed by atoms with Crippen LogP contribution in [0.4, 0.5) is 0 Å². The molecule has 0 fully saturated rings. The Bertz CT molecular complexity index is 1040. The number of ether oxygens (including phenoxy) is 1. The van der Waals surface area contributed by atoms with Crippen molar-refractivity contribution in [2.24, 2.45) is 5.10 Å². The van der Waals surface area contributed by atoms with E-state index >= 15 is 0 Å². The lowest BCUT2D eigenvalue weighted by atomic mass is 10.2. The molecule has 2 aromatic carbocycles. The Balaban J connectivity index is 2.11. The van der Waals surface area contributed by atoms with E-state index in [0.29, 0.717) is 33.8 Å². The second kappa shape index (κ2) is 6.72. The molecule has 3 rings (SSSR count). The van der Waals surface area contributed by atoms with Crippen LogP contribution in [0.25, 0.3) is 10.9 Å². The van der Waals surface area contributed by atoms with E-state index in [1.165, 1.54) is 6.21 Å². The standard InChI is InChI=1S/C17H14ClN3O3/c1-2-24-15-8-7-12(18)9-11(15)10-19-21-16(22)13-5-3-4-6-14(13)20-17(21)23/h3-10H,2H2,1H3,(H,20,23). The van der Waals surface area contributed by atoms with E-state index in [-0.39, 0.29) is 0 Å². The molecule has 7 heteroatoms. The fourth-order valence-corrected chi connectivity index (χ4v) is 2.47. The molecule has 0 aliphatic carbocycles. The van der Waals surface area contributed by atoms with Crippen LogP contribution in [-0.2, 0) is 0 Å². The highest BCUT2D eigenvalue weighted by Crippen LogP contribution is 2.21. The van der Waals surface area contributed by atoms with E-state index in [1.54, 1.807) is 42.5 Å². The summed E-state index contributed by atoms with van der Waals surface area (Å²) in [5.41, 5.74) is -0.0685. The van der Waals surface area contributed by atoms with Crippen molar-refractivity contribution in [1.29, 1.82) is 0 Å². The lowest BCUT2D eigenvalue weighted by Gasteiger charge is -2.07. The van der Waals surface area contributed by atoms with Crippen LogP contribution in [0.3, 0.4) is 0 Å². The molecule has 0 saturated carbocycles.